The molecule has 2 heterocycles. The fraction of sp³-hybridized carbons (Fsp3) is 0.136. The molecule has 0 bridgehead atoms. The summed E-state index contributed by atoms with van der Waals surface area (Å²) in [6, 6.07) is 12.9. The van der Waals surface area contributed by atoms with Gasteiger partial charge in [-0.05, 0) is 42.3 Å². The third-order valence-corrected chi connectivity index (χ3v) is 4.80. The van der Waals surface area contributed by atoms with E-state index in [0.717, 1.165) is 16.8 Å². The fourth-order valence-electron chi connectivity index (χ4n) is 3.23. The summed E-state index contributed by atoms with van der Waals surface area (Å²) in [6.45, 7) is 3.15. The van der Waals surface area contributed by atoms with Crippen LogP contribution >= 0.6 is 11.6 Å². The lowest BCUT2D eigenvalue weighted by molar-refractivity contribution is 0.616. The molecule has 0 radical (unpaired) electrons. The van der Waals surface area contributed by atoms with Crippen LogP contribution in [0.4, 0.5) is 15.8 Å². The molecule has 0 aliphatic carbocycles. The van der Waals surface area contributed by atoms with Crippen LogP contribution in [-0.4, -0.2) is 11.7 Å². The Bertz CT molecular complexity index is 1030. The van der Waals surface area contributed by atoms with Crippen LogP contribution in [0.1, 0.15) is 22.3 Å². The maximum Gasteiger partial charge on any atom is 0.149 e. The second-order valence-electron chi connectivity index (χ2n) is 6.42. The van der Waals surface area contributed by atoms with Gasteiger partial charge in [0.05, 0.1) is 17.4 Å². The van der Waals surface area contributed by atoms with Gasteiger partial charge in [0.1, 0.15) is 5.82 Å². The number of nitrogens with one attached hydrogen (secondary N) is 1. The first-order valence-electron chi connectivity index (χ1n) is 8.60. The van der Waals surface area contributed by atoms with Crippen LogP contribution < -0.4 is 10.2 Å². The van der Waals surface area contributed by atoms with Crippen LogP contribution in [0.25, 0.3) is 0 Å². The summed E-state index contributed by atoms with van der Waals surface area (Å²) in [5.41, 5.74) is 5.11. The Morgan fingerprint density at radius 1 is 1.15 bits per heavy atom. The highest BCUT2D eigenvalue weighted by Gasteiger charge is 2.22. The molecule has 1 aliphatic heterocycles. The van der Waals surface area contributed by atoms with E-state index in [4.69, 9.17) is 11.6 Å². The molecule has 5 heteroatoms. The van der Waals surface area contributed by atoms with Gasteiger partial charge < -0.3 is 10.2 Å². The van der Waals surface area contributed by atoms with E-state index in [-0.39, 0.29) is 5.82 Å². The van der Waals surface area contributed by atoms with Crippen LogP contribution in [0.2, 0.25) is 5.02 Å². The Kier molecular flexibility index (Phi) is 4.70. The van der Waals surface area contributed by atoms with Gasteiger partial charge in [0.15, 0.2) is 0 Å². The van der Waals surface area contributed by atoms with Crippen molar-refractivity contribution < 1.29 is 4.39 Å². The zero-order valence-electron chi connectivity index (χ0n) is 14.8. The molecule has 27 heavy (non-hydrogen) atoms. The summed E-state index contributed by atoms with van der Waals surface area (Å²) in [4.78, 5) is 5.92. The average Bonchev–Trinajstić information content (AvgIpc) is 2.67. The third-order valence-electron chi connectivity index (χ3n) is 4.51. The Balaban J connectivity index is 1.63. The predicted molar refractivity (Wildman–Crippen MR) is 107 cm³/mol. The lowest BCUT2D eigenvalue weighted by Crippen LogP contribution is -2.34. The van der Waals surface area contributed by atoms with Crippen LogP contribution in [0.15, 0.2) is 54.9 Å². The SMILES string of the molecule is Cc1cccc2c1NCN(c1c(F)cc(C#Cc3cccnc3)cc1Cl)C2. The van der Waals surface area contributed by atoms with Crippen LogP contribution in [0, 0.1) is 24.6 Å². The van der Waals surface area contributed by atoms with Crippen molar-refractivity contribution >= 4 is 23.0 Å². The van der Waals surface area contributed by atoms with Crippen LogP contribution in [0.3, 0.4) is 0 Å². The smallest absolute Gasteiger partial charge is 0.149 e. The zero-order valence-corrected chi connectivity index (χ0v) is 15.5. The molecule has 0 amide bonds. The molecule has 1 aliphatic rings. The van der Waals surface area contributed by atoms with E-state index < -0.39 is 0 Å². The number of rotatable bonds is 1. The Labute approximate surface area is 162 Å². The van der Waals surface area contributed by atoms with Gasteiger partial charge in [-0.25, -0.2) is 4.39 Å². The van der Waals surface area contributed by atoms with Crippen molar-refractivity contribution in [3.63, 3.8) is 0 Å². The average molecular weight is 378 g/mol. The second-order valence-corrected chi connectivity index (χ2v) is 6.83. The summed E-state index contributed by atoms with van der Waals surface area (Å²) >= 11 is 6.42. The lowest BCUT2D eigenvalue weighted by atomic mass is 10.0. The molecule has 0 atom stereocenters. The number of fused-ring (bicyclic) bond motifs is 1. The maximum absolute atomic E-state index is 14.8. The van der Waals surface area contributed by atoms with Crippen molar-refractivity contribution in [3.8, 4) is 11.8 Å². The molecular formula is C22H17ClFN3. The number of para-hydroxylation sites is 1. The minimum atomic E-state index is -0.379. The normalized spacial score (nSPS) is 12.6. The minimum absolute atomic E-state index is 0.350. The molecule has 134 valence electrons. The first-order valence-corrected chi connectivity index (χ1v) is 8.98. The Morgan fingerprint density at radius 3 is 2.78 bits per heavy atom. The van der Waals surface area contributed by atoms with Gasteiger partial charge >= 0.3 is 0 Å². The second kappa shape index (κ2) is 7.30. The van der Waals surface area contributed by atoms with Crippen molar-refractivity contribution in [2.45, 2.75) is 13.5 Å². The zero-order chi connectivity index (χ0) is 18.8. The third kappa shape index (κ3) is 3.60. The highest BCUT2D eigenvalue weighted by atomic mass is 35.5. The predicted octanol–water partition coefficient (Wildman–Crippen LogP) is 4.97. The standard InChI is InChI=1S/C22H17ClFN3/c1-15-4-2-6-18-13-27(14-26-21(15)18)22-19(23)10-17(11-20(22)24)8-7-16-5-3-9-25-12-16/h2-6,9-12,26H,13-14H2,1H3. The number of aryl methyl sites for hydroxylation is 1. The number of halogens is 2. The Morgan fingerprint density at radius 2 is 2.00 bits per heavy atom. The summed E-state index contributed by atoms with van der Waals surface area (Å²) in [5, 5.41) is 3.71. The topological polar surface area (TPSA) is 28.2 Å². The highest BCUT2D eigenvalue weighted by Crippen LogP contribution is 2.35. The molecule has 0 saturated carbocycles. The van der Waals surface area contributed by atoms with Crippen molar-refractivity contribution in [2.24, 2.45) is 0 Å². The van der Waals surface area contributed by atoms with Gasteiger partial charge in [0.2, 0.25) is 0 Å². The lowest BCUT2D eigenvalue weighted by Gasteiger charge is -2.33. The number of hydrogen-bond acceptors (Lipinski definition) is 3. The molecule has 0 fully saturated rings. The minimum Gasteiger partial charge on any atom is -0.367 e. The van der Waals surface area contributed by atoms with Crippen LogP contribution in [-0.2, 0) is 6.54 Å². The molecular weight excluding hydrogens is 361 g/mol. The van der Waals surface area contributed by atoms with Crippen molar-refractivity contribution in [3.05, 3.63) is 88.0 Å². The van der Waals surface area contributed by atoms with Crippen LogP contribution in [0.5, 0.6) is 0 Å². The quantitative estimate of drug-likeness (QED) is 0.607. The van der Waals surface area contributed by atoms with E-state index in [1.807, 2.05) is 29.2 Å². The van der Waals surface area contributed by atoms with E-state index in [2.05, 4.69) is 35.1 Å². The van der Waals surface area contributed by atoms with Crippen molar-refractivity contribution in [1.82, 2.24) is 4.98 Å². The number of anilines is 2. The molecule has 3 nitrogen and oxygen atoms in total. The number of hydrogen-bond donors (Lipinski definition) is 1. The van der Waals surface area contributed by atoms with E-state index in [1.54, 1.807) is 18.5 Å². The number of nitrogens with zero attached hydrogens (tertiary/aromatic N) is 2. The maximum atomic E-state index is 14.8. The van der Waals surface area contributed by atoms with Gasteiger partial charge in [-0.2, -0.15) is 0 Å². The first-order chi connectivity index (χ1) is 13.1. The molecule has 0 saturated heterocycles. The number of pyridine rings is 1. The molecule has 4 rings (SSSR count). The van der Waals surface area contributed by atoms with E-state index >= 15 is 0 Å². The highest BCUT2D eigenvalue weighted by molar-refractivity contribution is 6.33. The van der Waals surface area contributed by atoms with Gasteiger partial charge in [-0.3, -0.25) is 4.98 Å². The molecule has 0 spiro atoms. The van der Waals surface area contributed by atoms with Gasteiger partial charge in [-0.1, -0.05) is 41.6 Å². The number of benzene rings is 2. The summed E-state index contributed by atoms with van der Waals surface area (Å²) in [6.07, 6.45) is 3.35. The van der Waals surface area contributed by atoms with E-state index in [0.29, 0.717) is 29.5 Å². The molecule has 2 aromatic carbocycles. The van der Waals surface area contributed by atoms with E-state index in [9.17, 15) is 4.39 Å². The van der Waals surface area contributed by atoms with E-state index in [1.165, 1.54) is 11.6 Å². The molecule has 1 aromatic heterocycles. The monoisotopic (exact) mass is 377 g/mol. The summed E-state index contributed by atoms with van der Waals surface area (Å²) in [5.74, 6) is 5.54. The molecule has 3 aromatic rings. The van der Waals surface area contributed by atoms with Gasteiger partial charge in [0, 0.05) is 35.8 Å². The van der Waals surface area contributed by atoms with Gasteiger partial charge in [0.25, 0.3) is 0 Å². The van der Waals surface area contributed by atoms with Crippen molar-refractivity contribution in [1.29, 1.82) is 0 Å². The largest absolute Gasteiger partial charge is 0.367 e. The fourth-order valence-corrected chi connectivity index (χ4v) is 3.56. The van der Waals surface area contributed by atoms with Crippen molar-refractivity contribution in [2.75, 3.05) is 16.9 Å². The Hall–Kier alpha value is -3.03. The summed E-state index contributed by atoms with van der Waals surface area (Å²) in [7, 11) is 0. The summed E-state index contributed by atoms with van der Waals surface area (Å²) < 4.78 is 14.8. The molecule has 1 N–H and O–H groups in total. The molecule has 0 unspecified atom stereocenters. The first kappa shape index (κ1) is 17.4. The number of aromatic nitrogens is 1. The van der Waals surface area contributed by atoms with Gasteiger partial charge in [-0.15, -0.1) is 0 Å².